The first-order valence-corrected chi connectivity index (χ1v) is 9.02. The highest BCUT2D eigenvalue weighted by Gasteiger charge is 2.21. The summed E-state index contributed by atoms with van der Waals surface area (Å²) in [7, 11) is 4.37. The molecule has 0 spiro atoms. The van der Waals surface area contributed by atoms with Gasteiger partial charge < -0.3 is 4.90 Å². The number of halogens is 1. The van der Waals surface area contributed by atoms with Crippen molar-refractivity contribution in [3.05, 3.63) is 34.3 Å². The molecule has 0 bridgehead atoms. The van der Waals surface area contributed by atoms with Crippen LogP contribution in [0.2, 0.25) is 5.02 Å². The van der Waals surface area contributed by atoms with Crippen LogP contribution in [0.1, 0.15) is 57.6 Å². The molecule has 0 aromatic heterocycles. The molecule has 0 aliphatic carbocycles. The number of nitrogens with zero attached hydrogens (tertiary/aromatic N) is 2. The van der Waals surface area contributed by atoms with E-state index >= 15 is 0 Å². The maximum atomic E-state index is 6.36. The zero-order valence-corrected chi connectivity index (χ0v) is 16.0. The normalized spacial score (nSPS) is 16.8. The second-order valence-electron chi connectivity index (χ2n) is 6.48. The van der Waals surface area contributed by atoms with E-state index in [-0.39, 0.29) is 0 Å². The Morgan fingerprint density at radius 2 is 1.77 bits per heavy atom. The highest BCUT2D eigenvalue weighted by molar-refractivity contribution is 6.31. The molecule has 1 heterocycles. The third kappa shape index (κ3) is 5.57. The molecule has 1 aromatic carbocycles. The molecule has 126 valence electrons. The Bertz CT molecular complexity index is 435. The van der Waals surface area contributed by atoms with Gasteiger partial charge in [0.2, 0.25) is 0 Å². The van der Waals surface area contributed by atoms with E-state index < -0.39 is 0 Å². The van der Waals surface area contributed by atoms with Gasteiger partial charge in [-0.3, -0.25) is 4.90 Å². The monoisotopic (exact) mass is 324 g/mol. The molecule has 1 aliphatic rings. The zero-order valence-electron chi connectivity index (χ0n) is 15.2. The lowest BCUT2D eigenvalue weighted by molar-refractivity contribution is 0.140. The third-order valence-electron chi connectivity index (χ3n) is 4.42. The van der Waals surface area contributed by atoms with Crippen LogP contribution in [0.5, 0.6) is 0 Å². The van der Waals surface area contributed by atoms with E-state index in [9.17, 15) is 0 Å². The first-order chi connectivity index (χ1) is 10.5. The molecule has 2 rings (SSSR count). The number of rotatable bonds is 4. The Labute approximate surface area is 142 Å². The Hall–Kier alpha value is -0.570. The summed E-state index contributed by atoms with van der Waals surface area (Å²) >= 11 is 6.36. The van der Waals surface area contributed by atoms with Gasteiger partial charge in [-0.05, 0) is 63.1 Å². The summed E-state index contributed by atoms with van der Waals surface area (Å²) in [4.78, 5) is 4.88. The third-order valence-corrected chi connectivity index (χ3v) is 4.79. The highest BCUT2D eigenvalue weighted by atomic mass is 35.5. The second kappa shape index (κ2) is 9.54. The number of piperidine rings is 1. The minimum absolute atomic E-state index is 0.561. The van der Waals surface area contributed by atoms with Crippen LogP contribution < -0.4 is 0 Å². The summed E-state index contributed by atoms with van der Waals surface area (Å²) in [6.07, 6.45) is 2.52. The SMILES string of the molecule is CC.CC(C)c1ccc(Cl)c(CN2CCC(N(C)C)CC2)c1. The lowest BCUT2D eigenvalue weighted by Gasteiger charge is -2.35. The molecule has 1 aromatic rings. The summed E-state index contributed by atoms with van der Waals surface area (Å²) in [5.74, 6) is 0.561. The van der Waals surface area contributed by atoms with Crippen molar-refractivity contribution in [2.24, 2.45) is 0 Å². The van der Waals surface area contributed by atoms with Gasteiger partial charge in [0.05, 0.1) is 0 Å². The number of likely N-dealkylation sites (tertiary alicyclic amines) is 1. The van der Waals surface area contributed by atoms with E-state index in [2.05, 4.69) is 55.9 Å². The Morgan fingerprint density at radius 3 is 2.27 bits per heavy atom. The number of hydrogen-bond donors (Lipinski definition) is 0. The molecule has 0 radical (unpaired) electrons. The van der Waals surface area contributed by atoms with Crippen LogP contribution in [0.3, 0.4) is 0 Å². The number of benzene rings is 1. The van der Waals surface area contributed by atoms with Crippen LogP contribution in [0.4, 0.5) is 0 Å². The van der Waals surface area contributed by atoms with Crippen molar-refractivity contribution in [2.45, 2.75) is 59.0 Å². The van der Waals surface area contributed by atoms with Gasteiger partial charge in [0.15, 0.2) is 0 Å². The van der Waals surface area contributed by atoms with E-state index in [0.29, 0.717) is 5.92 Å². The maximum absolute atomic E-state index is 6.36. The Kier molecular flexibility index (Phi) is 8.45. The fraction of sp³-hybridized carbons (Fsp3) is 0.684. The van der Waals surface area contributed by atoms with Gasteiger partial charge in [-0.25, -0.2) is 0 Å². The first kappa shape index (κ1) is 19.5. The minimum Gasteiger partial charge on any atom is -0.306 e. The van der Waals surface area contributed by atoms with Gasteiger partial charge >= 0.3 is 0 Å². The first-order valence-electron chi connectivity index (χ1n) is 8.64. The smallest absolute Gasteiger partial charge is 0.0451 e. The zero-order chi connectivity index (χ0) is 16.7. The van der Waals surface area contributed by atoms with Crippen molar-refractivity contribution in [1.82, 2.24) is 9.80 Å². The molecular weight excluding hydrogens is 292 g/mol. The van der Waals surface area contributed by atoms with Crippen molar-refractivity contribution < 1.29 is 0 Å². The summed E-state index contributed by atoms with van der Waals surface area (Å²) in [5.41, 5.74) is 2.66. The average Bonchev–Trinajstić information content (AvgIpc) is 2.51. The van der Waals surface area contributed by atoms with Gasteiger partial charge in [0.25, 0.3) is 0 Å². The molecule has 0 N–H and O–H groups in total. The van der Waals surface area contributed by atoms with Crippen LogP contribution in [-0.2, 0) is 6.54 Å². The van der Waals surface area contributed by atoms with Crippen molar-refractivity contribution in [1.29, 1.82) is 0 Å². The van der Waals surface area contributed by atoms with Crippen molar-refractivity contribution in [3.63, 3.8) is 0 Å². The van der Waals surface area contributed by atoms with Crippen LogP contribution >= 0.6 is 11.6 Å². The molecule has 1 saturated heterocycles. The van der Waals surface area contributed by atoms with Crippen LogP contribution in [0.25, 0.3) is 0 Å². The lowest BCUT2D eigenvalue weighted by Crippen LogP contribution is -2.41. The Balaban J connectivity index is 0.00000116. The van der Waals surface area contributed by atoms with Crippen molar-refractivity contribution in [2.75, 3.05) is 27.2 Å². The molecular formula is C19H33ClN2. The topological polar surface area (TPSA) is 6.48 Å². The number of hydrogen-bond acceptors (Lipinski definition) is 2. The summed E-state index contributed by atoms with van der Waals surface area (Å²) in [6.45, 7) is 11.8. The Morgan fingerprint density at radius 1 is 1.18 bits per heavy atom. The molecule has 0 atom stereocenters. The molecule has 2 nitrogen and oxygen atoms in total. The molecule has 22 heavy (non-hydrogen) atoms. The van der Waals surface area contributed by atoms with Crippen molar-refractivity contribution >= 4 is 11.6 Å². The second-order valence-corrected chi connectivity index (χ2v) is 6.88. The molecule has 3 heteroatoms. The van der Waals surface area contributed by atoms with E-state index in [1.807, 2.05) is 13.8 Å². The van der Waals surface area contributed by atoms with Crippen LogP contribution in [0, 0.1) is 0 Å². The predicted molar refractivity (Wildman–Crippen MR) is 98.9 cm³/mol. The fourth-order valence-corrected chi connectivity index (χ4v) is 3.09. The van der Waals surface area contributed by atoms with Crippen molar-refractivity contribution in [3.8, 4) is 0 Å². The molecule has 0 unspecified atom stereocenters. The fourth-order valence-electron chi connectivity index (χ4n) is 2.91. The average molecular weight is 325 g/mol. The summed E-state index contributed by atoms with van der Waals surface area (Å²) < 4.78 is 0. The molecule has 0 amide bonds. The van der Waals surface area contributed by atoms with Gasteiger partial charge in [-0.15, -0.1) is 0 Å². The standard InChI is InChI=1S/C17H27ClN2.C2H6/c1-13(2)14-5-6-17(18)15(11-14)12-20-9-7-16(8-10-20)19(3)4;1-2/h5-6,11,13,16H,7-10,12H2,1-4H3;1-2H3. The summed E-state index contributed by atoms with van der Waals surface area (Å²) in [5, 5.41) is 0.907. The van der Waals surface area contributed by atoms with E-state index in [1.165, 1.54) is 37.1 Å². The highest BCUT2D eigenvalue weighted by Crippen LogP contribution is 2.25. The predicted octanol–water partition coefficient (Wildman–Crippen LogP) is 5.02. The van der Waals surface area contributed by atoms with Crippen LogP contribution in [0.15, 0.2) is 18.2 Å². The largest absolute Gasteiger partial charge is 0.306 e. The van der Waals surface area contributed by atoms with Gasteiger partial charge in [0.1, 0.15) is 0 Å². The molecule has 1 fully saturated rings. The minimum atomic E-state index is 0.561. The van der Waals surface area contributed by atoms with Gasteiger partial charge in [-0.2, -0.15) is 0 Å². The lowest BCUT2D eigenvalue weighted by atomic mass is 9.99. The van der Waals surface area contributed by atoms with E-state index in [0.717, 1.165) is 17.6 Å². The van der Waals surface area contributed by atoms with Gasteiger partial charge in [0, 0.05) is 17.6 Å². The van der Waals surface area contributed by atoms with E-state index in [4.69, 9.17) is 11.6 Å². The summed E-state index contributed by atoms with van der Waals surface area (Å²) in [6, 6.07) is 7.22. The van der Waals surface area contributed by atoms with E-state index in [1.54, 1.807) is 0 Å². The molecule has 1 aliphatic heterocycles. The van der Waals surface area contributed by atoms with Gasteiger partial charge in [-0.1, -0.05) is 51.4 Å². The maximum Gasteiger partial charge on any atom is 0.0451 e. The quantitative estimate of drug-likeness (QED) is 0.767. The molecule has 0 saturated carbocycles. The van der Waals surface area contributed by atoms with Crippen LogP contribution in [-0.4, -0.2) is 43.0 Å².